The van der Waals surface area contributed by atoms with E-state index >= 15 is 0 Å². The van der Waals surface area contributed by atoms with Crippen molar-refractivity contribution < 1.29 is 4.74 Å². The van der Waals surface area contributed by atoms with Crippen molar-refractivity contribution >= 4 is 47.4 Å². The zero-order valence-electron chi connectivity index (χ0n) is 17.8. The van der Waals surface area contributed by atoms with Gasteiger partial charge in [-0.05, 0) is 51.0 Å². The molecule has 0 spiro atoms. The van der Waals surface area contributed by atoms with E-state index in [0.717, 1.165) is 43.4 Å². The molecule has 0 radical (unpaired) electrons. The number of ether oxygens (including phenoxy) is 1. The molecule has 3 rings (SSSR count). The molecule has 1 aromatic carbocycles. The van der Waals surface area contributed by atoms with Gasteiger partial charge in [0, 0.05) is 31.9 Å². The number of para-hydroxylation sites is 1. The van der Waals surface area contributed by atoms with Crippen LogP contribution >= 0.6 is 35.6 Å². The van der Waals surface area contributed by atoms with E-state index in [1.807, 2.05) is 44.2 Å². The number of benzene rings is 1. The Hall–Kier alpha value is -1.74. The van der Waals surface area contributed by atoms with Crippen molar-refractivity contribution in [2.45, 2.75) is 38.8 Å². The normalized spacial score (nSPS) is 15.9. The number of anilines is 1. The SMILES string of the molecule is CN=C(NCC(C)Oc1ccccc1Cl)NC1CCN(c2cccc(C)n2)CC1.I. The number of hydrogen-bond donors (Lipinski definition) is 2. The van der Waals surface area contributed by atoms with E-state index in [9.17, 15) is 0 Å². The Bertz CT molecular complexity index is 827. The van der Waals surface area contributed by atoms with Gasteiger partial charge in [0.15, 0.2) is 5.96 Å². The van der Waals surface area contributed by atoms with Crippen molar-refractivity contribution in [3.63, 3.8) is 0 Å². The van der Waals surface area contributed by atoms with Crippen molar-refractivity contribution in [2.75, 3.05) is 31.6 Å². The molecule has 1 saturated heterocycles. The topological polar surface area (TPSA) is 61.8 Å². The Morgan fingerprint density at radius 1 is 1.23 bits per heavy atom. The Labute approximate surface area is 201 Å². The molecule has 6 nitrogen and oxygen atoms in total. The number of hydrogen-bond acceptors (Lipinski definition) is 4. The summed E-state index contributed by atoms with van der Waals surface area (Å²) in [5, 5.41) is 7.50. The van der Waals surface area contributed by atoms with Crippen LogP contribution in [0.25, 0.3) is 0 Å². The van der Waals surface area contributed by atoms with Gasteiger partial charge in [-0.2, -0.15) is 0 Å². The maximum Gasteiger partial charge on any atom is 0.191 e. The van der Waals surface area contributed by atoms with Gasteiger partial charge < -0.3 is 20.3 Å². The first kappa shape index (κ1) is 24.5. The van der Waals surface area contributed by atoms with E-state index in [4.69, 9.17) is 16.3 Å². The van der Waals surface area contributed by atoms with Gasteiger partial charge in [0.1, 0.15) is 17.7 Å². The molecule has 0 aliphatic carbocycles. The number of aryl methyl sites for hydroxylation is 1. The van der Waals surface area contributed by atoms with E-state index in [1.54, 1.807) is 7.05 Å². The van der Waals surface area contributed by atoms with Crippen molar-refractivity contribution in [1.29, 1.82) is 0 Å². The summed E-state index contributed by atoms with van der Waals surface area (Å²) in [6.07, 6.45) is 2.05. The molecule has 164 valence electrons. The number of aliphatic imine (C=N–C) groups is 1. The molecule has 8 heteroatoms. The third kappa shape index (κ3) is 7.19. The average Bonchev–Trinajstić information content (AvgIpc) is 2.73. The molecule has 0 bridgehead atoms. The standard InChI is InChI=1S/C22H30ClN5O.HI/c1-16-7-6-10-21(26-16)28-13-11-18(12-14-28)27-22(24-3)25-15-17(2)29-20-9-5-4-8-19(20)23;/h4-10,17-18H,11-15H2,1-3H3,(H2,24,25,27);1H. The summed E-state index contributed by atoms with van der Waals surface area (Å²) in [7, 11) is 1.79. The summed E-state index contributed by atoms with van der Waals surface area (Å²) < 4.78 is 5.91. The highest BCUT2D eigenvalue weighted by molar-refractivity contribution is 14.0. The quantitative estimate of drug-likeness (QED) is 0.324. The summed E-state index contributed by atoms with van der Waals surface area (Å²) in [4.78, 5) is 11.3. The maximum atomic E-state index is 6.16. The molecule has 1 aromatic heterocycles. The summed E-state index contributed by atoms with van der Waals surface area (Å²) in [6, 6.07) is 14.1. The first-order chi connectivity index (χ1) is 14.0. The Balaban J connectivity index is 0.00000320. The number of nitrogens with one attached hydrogen (secondary N) is 2. The van der Waals surface area contributed by atoms with Crippen LogP contribution in [0.15, 0.2) is 47.5 Å². The number of rotatable bonds is 6. The first-order valence-corrected chi connectivity index (χ1v) is 10.5. The minimum Gasteiger partial charge on any atom is -0.487 e. The van der Waals surface area contributed by atoms with Crippen molar-refractivity contribution in [3.05, 3.63) is 53.2 Å². The van der Waals surface area contributed by atoms with Crippen LogP contribution in [0.1, 0.15) is 25.5 Å². The minimum atomic E-state index is -0.0392. The lowest BCUT2D eigenvalue weighted by Crippen LogP contribution is -2.50. The van der Waals surface area contributed by atoms with Crippen LogP contribution in [0.5, 0.6) is 5.75 Å². The predicted molar refractivity (Wildman–Crippen MR) is 136 cm³/mol. The van der Waals surface area contributed by atoms with E-state index in [1.165, 1.54) is 0 Å². The van der Waals surface area contributed by atoms with E-state index < -0.39 is 0 Å². The largest absolute Gasteiger partial charge is 0.487 e. The highest BCUT2D eigenvalue weighted by Gasteiger charge is 2.21. The molecule has 1 aliphatic rings. The number of nitrogens with zero attached hydrogens (tertiary/aromatic N) is 3. The lowest BCUT2D eigenvalue weighted by Gasteiger charge is -2.34. The second-order valence-corrected chi connectivity index (χ2v) is 7.76. The molecule has 1 atom stereocenters. The fraction of sp³-hybridized carbons (Fsp3) is 0.455. The van der Waals surface area contributed by atoms with Crippen LogP contribution in [-0.2, 0) is 0 Å². The van der Waals surface area contributed by atoms with Crippen molar-refractivity contribution in [1.82, 2.24) is 15.6 Å². The van der Waals surface area contributed by atoms with Gasteiger partial charge in [0.05, 0.1) is 11.6 Å². The lowest BCUT2D eigenvalue weighted by atomic mass is 10.1. The first-order valence-electron chi connectivity index (χ1n) is 10.1. The van der Waals surface area contributed by atoms with Crippen LogP contribution in [0.3, 0.4) is 0 Å². The van der Waals surface area contributed by atoms with Crippen molar-refractivity contribution in [2.24, 2.45) is 4.99 Å². The fourth-order valence-electron chi connectivity index (χ4n) is 3.38. The van der Waals surface area contributed by atoms with Crippen molar-refractivity contribution in [3.8, 4) is 5.75 Å². The molecule has 1 aliphatic heterocycles. The molecular weight excluding hydrogens is 513 g/mol. The van der Waals surface area contributed by atoms with Gasteiger partial charge in [0.25, 0.3) is 0 Å². The molecule has 1 fully saturated rings. The smallest absolute Gasteiger partial charge is 0.191 e. The van der Waals surface area contributed by atoms with E-state index in [2.05, 4.69) is 37.6 Å². The minimum absolute atomic E-state index is 0. The van der Waals surface area contributed by atoms with E-state index in [-0.39, 0.29) is 30.1 Å². The van der Waals surface area contributed by atoms with Gasteiger partial charge in [0.2, 0.25) is 0 Å². The molecule has 2 N–H and O–H groups in total. The van der Waals surface area contributed by atoms with Gasteiger partial charge in [-0.15, -0.1) is 24.0 Å². The number of guanidine groups is 1. The van der Waals surface area contributed by atoms with Gasteiger partial charge >= 0.3 is 0 Å². The third-order valence-corrected chi connectivity index (χ3v) is 5.29. The maximum absolute atomic E-state index is 6.16. The van der Waals surface area contributed by atoms with Crippen LogP contribution in [0.2, 0.25) is 5.02 Å². The molecular formula is C22H31ClIN5O. The summed E-state index contributed by atoms with van der Waals surface area (Å²) in [5.74, 6) is 2.56. The number of piperidine rings is 1. The molecule has 2 aromatic rings. The molecule has 2 heterocycles. The Morgan fingerprint density at radius 3 is 2.63 bits per heavy atom. The molecule has 0 saturated carbocycles. The lowest BCUT2D eigenvalue weighted by molar-refractivity contribution is 0.224. The Morgan fingerprint density at radius 2 is 1.97 bits per heavy atom. The van der Waals surface area contributed by atoms with Crippen LogP contribution in [-0.4, -0.2) is 49.8 Å². The average molecular weight is 544 g/mol. The highest BCUT2D eigenvalue weighted by atomic mass is 127. The van der Waals surface area contributed by atoms with Gasteiger partial charge in [-0.1, -0.05) is 29.8 Å². The van der Waals surface area contributed by atoms with Gasteiger partial charge in [-0.25, -0.2) is 4.98 Å². The van der Waals surface area contributed by atoms with Crippen LogP contribution < -0.4 is 20.3 Å². The molecule has 0 amide bonds. The molecule has 30 heavy (non-hydrogen) atoms. The molecule has 1 unspecified atom stereocenters. The summed E-state index contributed by atoms with van der Waals surface area (Å²) in [5.41, 5.74) is 1.06. The third-order valence-electron chi connectivity index (χ3n) is 4.98. The number of aromatic nitrogens is 1. The Kier molecular flexibility index (Phi) is 9.97. The summed E-state index contributed by atoms with van der Waals surface area (Å²) in [6.45, 7) is 6.64. The second-order valence-electron chi connectivity index (χ2n) is 7.35. The highest BCUT2D eigenvalue weighted by Crippen LogP contribution is 2.24. The summed E-state index contributed by atoms with van der Waals surface area (Å²) >= 11 is 6.16. The van der Waals surface area contributed by atoms with Crippen LogP contribution in [0, 0.1) is 6.92 Å². The zero-order chi connectivity index (χ0) is 20.6. The number of pyridine rings is 1. The van der Waals surface area contributed by atoms with E-state index in [0.29, 0.717) is 23.4 Å². The second kappa shape index (κ2) is 12.2. The zero-order valence-corrected chi connectivity index (χ0v) is 20.9. The van der Waals surface area contributed by atoms with Gasteiger partial charge in [-0.3, -0.25) is 4.99 Å². The predicted octanol–water partition coefficient (Wildman–Crippen LogP) is 4.26. The number of halogens is 2. The fourth-order valence-corrected chi connectivity index (χ4v) is 3.57. The van der Waals surface area contributed by atoms with Crippen LogP contribution in [0.4, 0.5) is 5.82 Å². The monoisotopic (exact) mass is 543 g/mol.